The summed E-state index contributed by atoms with van der Waals surface area (Å²) in [7, 11) is 1.78. The molecule has 2 N–H and O–H groups in total. The van der Waals surface area contributed by atoms with Gasteiger partial charge < -0.3 is 15.4 Å². The molecule has 1 fully saturated rings. The third-order valence-corrected chi connectivity index (χ3v) is 3.28. The van der Waals surface area contributed by atoms with E-state index in [0.717, 1.165) is 31.6 Å². The van der Waals surface area contributed by atoms with Gasteiger partial charge in [-0.05, 0) is 31.7 Å². The number of methoxy groups -OCH3 is 1. The second-order valence-corrected chi connectivity index (χ2v) is 4.65. The first-order valence-corrected chi connectivity index (χ1v) is 6.69. The molecule has 1 saturated carbocycles. The maximum Gasteiger partial charge on any atom is 0.224 e. The Morgan fingerprint density at radius 3 is 3.11 bits per heavy atom. The monoisotopic (exact) mass is 250 g/mol. The van der Waals surface area contributed by atoms with Crippen molar-refractivity contribution in [2.24, 2.45) is 0 Å². The van der Waals surface area contributed by atoms with Crippen LogP contribution in [0, 0.1) is 0 Å². The molecule has 2 atom stereocenters. The second kappa shape index (κ2) is 6.54. The van der Waals surface area contributed by atoms with E-state index in [4.69, 9.17) is 4.74 Å². The first kappa shape index (κ1) is 13.1. The third-order valence-electron chi connectivity index (χ3n) is 3.28. The van der Waals surface area contributed by atoms with E-state index >= 15 is 0 Å². The Morgan fingerprint density at radius 2 is 2.33 bits per heavy atom. The lowest BCUT2D eigenvalue weighted by molar-refractivity contribution is 0.101. The van der Waals surface area contributed by atoms with E-state index in [1.165, 1.54) is 6.42 Å². The third kappa shape index (κ3) is 3.32. The summed E-state index contributed by atoms with van der Waals surface area (Å²) in [5.41, 5.74) is 0. The van der Waals surface area contributed by atoms with Crippen molar-refractivity contribution in [3.63, 3.8) is 0 Å². The molecule has 0 radical (unpaired) electrons. The van der Waals surface area contributed by atoms with E-state index in [2.05, 4.69) is 27.5 Å². The molecule has 2 rings (SSSR count). The standard InChI is InChI=1S/C13H22N4O/c1-3-8-14-13-15-9-7-12(17-13)16-10-5-4-6-11(10)18-2/h7,9-11H,3-6,8H2,1-2H3,(H2,14,15,16,17). The Bertz CT molecular complexity index is 372. The number of hydrogen-bond donors (Lipinski definition) is 2. The van der Waals surface area contributed by atoms with Gasteiger partial charge in [-0.2, -0.15) is 4.98 Å². The van der Waals surface area contributed by atoms with Gasteiger partial charge in [-0.15, -0.1) is 0 Å². The maximum atomic E-state index is 5.47. The second-order valence-electron chi connectivity index (χ2n) is 4.65. The molecule has 100 valence electrons. The average molecular weight is 250 g/mol. The largest absolute Gasteiger partial charge is 0.379 e. The first-order valence-electron chi connectivity index (χ1n) is 6.69. The quantitative estimate of drug-likeness (QED) is 0.811. The molecule has 5 nitrogen and oxygen atoms in total. The summed E-state index contributed by atoms with van der Waals surface area (Å²) >= 11 is 0. The number of rotatable bonds is 6. The molecule has 1 heterocycles. The van der Waals surface area contributed by atoms with Gasteiger partial charge in [0.25, 0.3) is 0 Å². The number of nitrogens with zero attached hydrogens (tertiary/aromatic N) is 2. The zero-order valence-corrected chi connectivity index (χ0v) is 11.1. The van der Waals surface area contributed by atoms with Crippen LogP contribution in [-0.2, 0) is 4.74 Å². The fraction of sp³-hybridized carbons (Fsp3) is 0.692. The lowest BCUT2D eigenvalue weighted by atomic mass is 10.2. The minimum absolute atomic E-state index is 0.298. The molecule has 0 spiro atoms. The highest BCUT2D eigenvalue weighted by Gasteiger charge is 2.27. The number of aromatic nitrogens is 2. The summed E-state index contributed by atoms with van der Waals surface area (Å²) in [6.07, 6.45) is 6.62. The van der Waals surface area contributed by atoms with Gasteiger partial charge in [0.2, 0.25) is 5.95 Å². The number of ether oxygens (including phenoxy) is 1. The molecule has 0 aliphatic heterocycles. The summed E-state index contributed by atoms with van der Waals surface area (Å²) in [4.78, 5) is 8.65. The highest BCUT2D eigenvalue weighted by atomic mass is 16.5. The van der Waals surface area contributed by atoms with Gasteiger partial charge in [0.15, 0.2) is 0 Å². The molecule has 1 aromatic heterocycles. The zero-order valence-electron chi connectivity index (χ0n) is 11.1. The minimum atomic E-state index is 0.298. The summed E-state index contributed by atoms with van der Waals surface area (Å²) in [5.74, 6) is 1.56. The molecule has 0 bridgehead atoms. The molecule has 0 saturated heterocycles. The van der Waals surface area contributed by atoms with Crippen LogP contribution in [0.1, 0.15) is 32.6 Å². The number of anilines is 2. The van der Waals surface area contributed by atoms with Gasteiger partial charge >= 0.3 is 0 Å². The summed E-state index contributed by atoms with van der Waals surface area (Å²) in [6, 6.07) is 2.27. The van der Waals surface area contributed by atoms with Gasteiger partial charge in [-0.25, -0.2) is 4.98 Å². The van der Waals surface area contributed by atoms with Crippen molar-refractivity contribution in [1.82, 2.24) is 9.97 Å². The van der Waals surface area contributed by atoms with Crippen LogP contribution in [-0.4, -0.2) is 35.8 Å². The van der Waals surface area contributed by atoms with Crippen molar-refractivity contribution in [3.05, 3.63) is 12.3 Å². The van der Waals surface area contributed by atoms with Crippen molar-refractivity contribution in [2.75, 3.05) is 24.3 Å². The van der Waals surface area contributed by atoms with Gasteiger partial charge in [-0.3, -0.25) is 0 Å². The molecule has 1 aliphatic rings. The molecule has 1 aromatic rings. The zero-order chi connectivity index (χ0) is 12.8. The van der Waals surface area contributed by atoms with E-state index in [1.54, 1.807) is 13.3 Å². The van der Waals surface area contributed by atoms with E-state index in [0.29, 0.717) is 18.1 Å². The lowest BCUT2D eigenvalue weighted by Gasteiger charge is -2.20. The lowest BCUT2D eigenvalue weighted by Crippen LogP contribution is -2.30. The van der Waals surface area contributed by atoms with Crippen molar-refractivity contribution < 1.29 is 4.74 Å². The number of nitrogens with one attached hydrogen (secondary N) is 2. The van der Waals surface area contributed by atoms with Crippen molar-refractivity contribution in [1.29, 1.82) is 0 Å². The highest BCUT2D eigenvalue weighted by Crippen LogP contribution is 2.24. The predicted molar refractivity (Wildman–Crippen MR) is 72.9 cm³/mol. The van der Waals surface area contributed by atoms with Gasteiger partial charge in [0.05, 0.1) is 12.1 Å². The minimum Gasteiger partial charge on any atom is -0.379 e. The van der Waals surface area contributed by atoms with Gasteiger partial charge in [0, 0.05) is 19.9 Å². The topological polar surface area (TPSA) is 59.1 Å². The summed E-state index contributed by atoms with van der Waals surface area (Å²) < 4.78 is 5.47. The molecular formula is C13H22N4O. The van der Waals surface area contributed by atoms with Crippen molar-refractivity contribution in [3.8, 4) is 0 Å². The van der Waals surface area contributed by atoms with Crippen molar-refractivity contribution in [2.45, 2.75) is 44.8 Å². The van der Waals surface area contributed by atoms with Gasteiger partial charge in [0.1, 0.15) is 5.82 Å². The Morgan fingerprint density at radius 1 is 1.44 bits per heavy atom. The fourth-order valence-electron chi connectivity index (χ4n) is 2.32. The van der Waals surface area contributed by atoms with Crippen molar-refractivity contribution >= 4 is 11.8 Å². The van der Waals surface area contributed by atoms with E-state index in [-0.39, 0.29) is 0 Å². The highest BCUT2D eigenvalue weighted by molar-refractivity contribution is 5.40. The molecule has 5 heteroatoms. The van der Waals surface area contributed by atoms with Crippen LogP contribution < -0.4 is 10.6 Å². The van der Waals surface area contributed by atoms with E-state index in [1.807, 2.05) is 6.07 Å². The van der Waals surface area contributed by atoms with E-state index in [9.17, 15) is 0 Å². The van der Waals surface area contributed by atoms with Crippen LogP contribution in [0.3, 0.4) is 0 Å². The van der Waals surface area contributed by atoms with Crippen LogP contribution in [0.4, 0.5) is 11.8 Å². The smallest absolute Gasteiger partial charge is 0.224 e. The molecule has 0 aromatic carbocycles. The van der Waals surface area contributed by atoms with Crippen LogP contribution in [0.25, 0.3) is 0 Å². The summed E-state index contributed by atoms with van der Waals surface area (Å²) in [5, 5.41) is 6.63. The average Bonchev–Trinajstić information content (AvgIpc) is 2.84. The Hall–Kier alpha value is -1.36. The molecule has 1 aliphatic carbocycles. The van der Waals surface area contributed by atoms with Gasteiger partial charge in [-0.1, -0.05) is 6.92 Å². The Kier molecular flexibility index (Phi) is 4.75. The Balaban J connectivity index is 1.96. The molecule has 2 unspecified atom stereocenters. The fourth-order valence-corrected chi connectivity index (χ4v) is 2.32. The van der Waals surface area contributed by atoms with Crippen LogP contribution >= 0.6 is 0 Å². The Labute approximate surface area is 108 Å². The summed E-state index contributed by atoms with van der Waals surface area (Å²) in [6.45, 7) is 3.02. The number of hydrogen-bond acceptors (Lipinski definition) is 5. The van der Waals surface area contributed by atoms with E-state index < -0.39 is 0 Å². The molecule has 0 amide bonds. The predicted octanol–water partition coefficient (Wildman–Crippen LogP) is 2.28. The van der Waals surface area contributed by atoms with Crippen LogP contribution in [0.15, 0.2) is 12.3 Å². The molecular weight excluding hydrogens is 228 g/mol. The van der Waals surface area contributed by atoms with Crippen LogP contribution in [0.5, 0.6) is 0 Å². The first-order chi connectivity index (χ1) is 8.83. The van der Waals surface area contributed by atoms with Crippen LogP contribution in [0.2, 0.25) is 0 Å². The normalized spacial score (nSPS) is 23.0. The SMILES string of the molecule is CCCNc1nccc(NC2CCCC2OC)n1. The maximum absolute atomic E-state index is 5.47. The molecule has 18 heavy (non-hydrogen) atoms.